The summed E-state index contributed by atoms with van der Waals surface area (Å²) >= 11 is 0. The molecule has 1 aromatic carbocycles. The summed E-state index contributed by atoms with van der Waals surface area (Å²) in [5.74, 6) is -0.140. The lowest BCUT2D eigenvalue weighted by atomic mass is 9.87. The van der Waals surface area contributed by atoms with Crippen LogP contribution in [0.5, 0.6) is 17.2 Å². The van der Waals surface area contributed by atoms with Gasteiger partial charge in [-0.1, -0.05) is 41.5 Å². The van der Waals surface area contributed by atoms with E-state index in [1.807, 2.05) is 0 Å². The topological polar surface area (TPSA) is 60.7 Å². The van der Waals surface area contributed by atoms with Crippen LogP contribution in [0.2, 0.25) is 0 Å². The molecule has 132 valence electrons. The number of aryl methyl sites for hydroxylation is 1. The van der Waals surface area contributed by atoms with Gasteiger partial charge in [-0.3, -0.25) is 0 Å². The van der Waals surface area contributed by atoms with Crippen LogP contribution in [0.4, 0.5) is 0 Å². The molecule has 3 nitrogen and oxygen atoms in total. The Hall–Kier alpha value is -1.38. The van der Waals surface area contributed by atoms with E-state index in [0.717, 1.165) is 31.2 Å². The van der Waals surface area contributed by atoms with Gasteiger partial charge in [0.15, 0.2) is 11.5 Å². The molecule has 0 fully saturated rings. The second-order valence-electron chi connectivity index (χ2n) is 9.06. The van der Waals surface area contributed by atoms with Crippen molar-refractivity contribution in [1.29, 1.82) is 0 Å². The predicted molar refractivity (Wildman–Crippen MR) is 96.2 cm³/mol. The SMILES string of the molecule is CC(C)(C)CCCc1cc(O)c(O)c(CCCC(C)(C)C)c1O. The van der Waals surface area contributed by atoms with E-state index < -0.39 is 0 Å². The summed E-state index contributed by atoms with van der Waals surface area (Å²) in [5.41, 5.74) is 1.69. The third-order valence-electron chi connectivity index (χ3n) is 4.16. The van der Waals surface area contributed by atoms with Crippen LogP contribution in [0, 0.1) is 10.8 Å². The zero-order chi connectivity index (χ0) is 17.8. The third kappa shape index (κ3) is 6.72. The first-order valence-corrected chi connectivity index (χ1v) is 8.66. The molecule has 23 heavy (non-hydrogen) atoms. The summed E-state index contributed by atoms with van der Waals surface area (Å²) in [6, 6.07) is 1.50. The highest BCUT2D eigenvalue weighted by Gasteiger charge is 2.19. The van der Waals surface area contributed by atoms with Gasteiger partial charge in [-0.2, -0.15) is 0 Å². The highest BCUT2D eigenvalue weighted by Crippen LogP contribution is 2.40. The molecular formula is C20H34O3. The minimum atomic E-state index is -0.170. The maximum atomic E-state index is 10.5. The second-order valence-corrected chi connectivity index (χ2v) is 9.06. The second kappa shape index (κ2) is 7.46. The molecule has 0 aromatic heterocycles. The lowest BCUT2D eigenvalue weighted by Crippen LogP contribution is -2.06. The van der Waals surface area contributed by atoms with Crippen LogP contribution >= 0.6 is 0 Å². The van der Waals surface area contributed by atoms with Gasteiger partial charge in [-0.05, 0) is 61.0 Å². The number of phenols is 3. The molecule has 1 rings (SSSR count). The van der Waals surface area contributed by atoms with Crippen LogP contribution in [-0.2, 0) is 12.8 Å². The summed E-state index contributed by atoms with van der Waals surface area (Å²) in [4.78, 5) is 0. The van der Waals surface area contributed by atoms with E-state index in [9.17, 15) is 15.3 Å². The van der Waals surface area contributed by atoms with E-state index in [0.29, 0.717) is 18.4 Å². The predicted octanol–water partition coefficient (Wildman–Crippen LogP) is 5.54. The third-order valence-corrected chi connectivity index (χ3v) is 4.16. The van der Waals surface area contributed by atoms with Crippen LogP contribution < -0.4 is 0 Å². The molecule has 0 aliphatic carbocycles. The van der Waals surface area contributed by atoms with E-state index in [1.54, 1.807) is 0 Å². The molecule has 3 heteroatoms. The Kier molecular flexibility index (Phi) is 6.38. The van der Waals surface area contributed by atoms with Gasteiger partial charge in [0.1, 0.15) is 5.75 Å². The molecule has 0 amide bonds. The fourth-order valence-corrected chi connectivity index (χ4v) is 2.79. The molecule has 0 unspecified atom stereocenters. The Morgan fingerprint density at radius 3 is 1.70 bits per heavy atom. The fourth-order valence-electron chi connectivity index (χ4n) is 2.79. The molecule has 1 aromatic rings. The Morgan fingerprint density at radius 1 is 0.739 bits per heavy atom. The monoisotopic (exact) mass is 322 g/mol. The maximum Gasteiger partial charge on any atom is 0.164 e. The molecule has 0 spiro atoms. The van der Waals surface area contributed by atoms with Gasteiger partial charge in [0.2, 0.25) is 0 Å². The van der Waals surface area contributed by atoms with E-state index >= 15 is 0 Å². The average molecular weight is 322 g/mol. The first-order chi connectivity index (χ1) is 10.4. The summed E-state index contributed by atoms with van der Waals surface area (Å²) in [7, 11) is 0. The highest BCUT2D eigenvalue weighted by atomic mass is 16.3. The number of benzene rings is 1. The molecule has 0 bridgehead atoms. The largest absolute Gasteiger partial charge is 0.507 e. The lowest BCUT2D eigenvalue weighted by molar-refractivity contribution is 0.354. The fraction of sp³-hybridized carbons (Fsp3) is 0.700. The van der Waals surface area contributed by atoms with Crippen molar-refractivity contribution in [3.05, 3.63) is 17.2 Å². The van der Waals surface area contributed by atoms with Crippen LogP contribution in [0.15, 0.2) is 6.07 Å². The van der Waals surface area contributed by atoms with E-state index in [4.69, 9.17) is 0 Å². The van der Waals surface area contributed by atoms with Gasteiger partial charge < -0.3 is 15.3 Å². The Labute approximate surface area is 141 Å². The van der Waals surface area contributed by atoms with Crippen molar-refractivity contribution in [2.24, 2.45) is 10.8 Å². The van der Waals surface area contributed by atoms with Crippen LogP contribution in [0.1, 0.15) is 78.4 Å². The van der Waals surface area contributed by atoms with Crippen molar-refractivity contribution >= 4 is 0 Å². The van der Waals surface area contributed by atoms with Gasteiger partial charge in [0.05, 0.1) is 0 Å². The van der Waals surface area contributed by atoms with Crippen molar-refractivity contribution in [3.63, 3.8) is 0 Å². The standard InChI is InChI=1S/C20H34O3/c1-19(2,3)11-7-9-14-13-16(21)18(23)15(17(14)22)10-8-12-20(4,5)6/h13,21-23H,7-12H2,1-6H3. The minimum absolute atomic E-state index is 0.126. The Morgan fingerprint density at radius 2 is 1.22 bits per heavy atom. The van der Waals surface area contributed by atoms with Gasteiger partial charge in [-0.25, -0.2) is 0 Å². The molecule has 0 heterocycles. The summed E-state index contributed by atoms with van der Waals surface area (Å²) < 4.78 is 0. The number of rotatable bonds is 6. The van der Waals surface area contributed by atoms with Crippen LogP contribution in [-0.4, -0.2) is 15.3 Å². The first kappa shape index (κ1) is 19.7. The van der Waals surface area contributed by atoms with Crippen molar-refractivity contribution in [3.8, 4) is 17.2 Å². The van der Waals surface area contributed by atoms with E-state index in [2.05, 4.69) is 41.5 Å². The van der Waals surface area contributed by atoms with Crippen LogP contribution in [0.3, 0.4) is 0 Å². The maximum absolute atomic E-state index is 10.5. The lowest BCUT2D eigenvalue weighted by Gasteiger charge is -2.20. The quantitative estimate of drug-likeness (QED) is 0.476. The average Bonchev–Trinajstić information content (AvgIpc) is 2.37. The Balaban J connectivity index is 2.85. The zero-order valence-electron chi connectivity index (χ0n) is 15.7. The molecule has 3 N–H and O–H groups in total. The van der Waals surface area contributed by atoms with Crippen molar-refractivity contribution in [1.82, 2.24) is 0 Å². The normalized spacial score (nSPS) is 12.6. The molecule has 0 radical (unpaired) electrons. The smallest absolute Gasteiger partial charge is 0.164 e. The van der Waals surface area contributed by atoms with Crippen molar-refractivity contribution in [2.75, 3.05) is 0 Å². The number of hydrogen-bond acceptors (Lipinski definition) is 3. The van der Waals surface area contributed by atoms with Gasteiger partial charge >= 0.3 is 0 Å². The Bertz CT molecular complexity index is 519. The zero-order valence-corrected chi connectivity index (χ0v) is 15.7. The number of phenolic OH excluding ortho intramolecular Hbond substituents is 3. The minimum Gasteiger partial charge on any atom is -0.507 e. The summed E-state index contributed by atoms with van der Waals surface area (Å²) in [6.45, 7) is 13.1. The van der Waals surface area contributed by atoms with E-state index in [-0.39, 0.29) is 28.1 Å². The molecule has 0 aliphatic heterocycles. The van der Waals surface area contributed by atoms with Crippen molar-refractivity contribution in [2.45, 2.75) is 80.1 Å². The van der Waals surface area contributed by atoms with E-state index in [1.165, 1.54) is 6.07 Å². The molecular weight excluding hydrogens is 288 g/mol. The number of aromatic hydroxyl groups is 3. The molecule has 0 saturated carbocycles. The molecule has 0 aliphatic rings. The van der Waals surface area contributed by atoms with Gasteiger partial charge in [0.25, 0.3) is 0 Å². The van der Waals surface area contributed by atoms with Gasteiger partial charge in [0, 0.05) is 5.56 Å². The van der Waals surface area contributed by atoms with Gasteiger partial charge in [-0.15, -0.1) is 0 Å². The summed E-state index contributed by atoms with van der Waals surface area (Å²) in [6.07, 6.45) is 5.16. The van der Waals surface area contributed by atoms with Crippen LogP contribution in [0.25, 0.3) is 0 Å². The molecule has 0 saturated heterocycles. The molecule has 0 atom stereocenters. The summed E-state index contributed by atoms with van der Waals surface area (Å²) in [5, 5.41) is 30.5. The highest BCUT2D eigenvalue weighted by molar-refractivity contribution is 5.56. The number of hydrogen-bond donors (Lipinski definition) is 3. The van der Waals surface area contributed by atoms with Crippen molar-refractivity contribution < 1.29 is 15.3 Å². The first-order valence-electron chi connectivity index (χ1n) is 8.66.